The van der Waals surface area contributed by atoms with Gasteiger partial charge in [0.2, 0.25) is 0 Å². The quantitative estimate of drug-likeness (QED) is 0.806. The van der Waals surface area contributed by atoms with Gasteiger partial charge in [-0.25, -0.2) is 0 Å². The molecule has 2 nitrogen and oxygen atoms in total. The number of aryl methyl sites for hydroxylation is 1. The van der Waals surface area contributed by atoms with Crippen LogP contribution in [0.2, 0.25) is 0 Å². The molecule has 1 fully saturated rings. The lowest BCUT2D eigenvalue weighted by Crippen LogP contribution is -2.34. The molecule has 0 amide bonds. The molecule has 2 rings (SSSR count). The van der Waals surface area contributed by atoms with Gasteiger partial charge in [-0.15, -0.1) is 11.3 Å². The minimum absolute atomic E-state index is 0.137. The smallest absolute Gasteiger partial charge is 0.0654 e. The number of thiophene rings is 1. The maximum Gasteiger partial charge on any atom is 0.0654 e. The third-order valence-corrected chi connectivity index (χ3v) is 4.83. The van der Waals surface area contributed by atoms with E-state index in [1.807, 2.05) is 0 Å². The highest BCUT2D eigenvalue weighted by Gasteiger charge is 2.19. The van der Waals surface area contributed by atoms with E-state index in [1.165, 1.54) is 49.0 Å². The van der Waals surface area contributed by atoms with E-state index in [0.717, 1.165) is 0 Å². The number of nitrogens with one attached hydrogen (secondary N) is 1. The fourth-order valence-electron chi connectivity index (χ4n) is 2.68. The molecule has 96 valence electrons. The highest BCUT2D eigenvalue weighted by molar-refractivity contribution is 7.10. The maximum absolute atomic E-state index is 9.57. The summed E-state index contributed by atoms with van der Waals surface area (Å²) >= 11 is 1.75. The molecule has 0 aromatic carbocycles. The SMILES string of the molecule is Cc1ccsc1C(CO)NC1CCCCCC1. The van der Waals surface area contributed by atoms with Gasteiger partial charge in [-0.2, -0.15) is 0 Å². The Morgan fingerprint density at radius 1 is 1.35 bits per heavy atom. The number of aliphatic hydroxyl groups excluding tert-OH is 1. The van der Waals surface area contributed by atoms with E-state index in [0.29, 0.717) is 6.04 Å². The molecule has 1 aliphatic carbocycles. The summed E-state index contributed by atoms with van der Waals surface area (Å²) in [4.78, 5) is 1.30. The molecule has 0 spiro atoms. The van der Waals surface area contributed by atoms with Gasteiger partial charge in [-0.05, 0) is 36.8 Å². The van der Waals surface area contributed by atoms with Crippen molar-refractivity contribution in [2.24, 2.45) is 0 Å². The third kappa shape index (κ3) is 3.54. The van der Waals surface area contributed by atoms with Crippen LogP contribution in [0.25, 0.3) is 0 Å². The zero-order valence-corrected chi connectivity index (χ0v) is 11.4. The molecule has 3 heteroatoms. The molecule has 17 heavy (non-hydrogen) atoms. The summed E-state index contributed by atoms with van der Waals surface area (Å²) in [6.45, 7) is 2.33. The molecule has 0 bridgehead atoms. The van der Waals surface area contributed by atoms with Crippen LogP contribution < -0.4 is 5.32 Å². The Hall–Kier alpha value is -0.380. The van der Waals surface area contributed by atoms with Crippen LogP contribution in [0.4, 0.5) is 0 Å². The van der Waals surface area contributed by atoms with Crippen LogP contribution in [0.3, 0.4) is 0 Å². The second-order valence-corrected chi connectivity index (χ2v) is 6.01. The van der Waals surface area contributed by atoms with Crippen molar-refractivity contribution in [3.63, 3.8) is 0 Å². The van der Waals surface area contributed by atoms with Crippen LogP contribution in [-0.4, -0.2) is 17.8 Å². The van der Waals surface area contributed by atoms with Gasteiger partial charge in [-0.1, -0.05) is 25.7 Å². The summed E-state index contributed by atoms with van der Waals surface area (Å²) in [6, 6.07) is 2.87. The average Bonchev–Trinajstić information content (AvgIpc) is 2.62. The minimum Gasteiger partial charge on any atom is -0.394 e. The van der Waals surface area contributed by atoms with E-state index in [9.17, 15) is 5.11 Å². The molecule has 1 saturated carbocycles. The van der Waals surface area contributed by atoms with E-state index in [4.69, 9.17) is 0 Å². The van der Waals surface area contributed by atoms with Gasteiger partial charge in [0.15, 0.2) is 0 Å². The summed E-state index contributed by atoms with van der Waals surface area (Å²) in [5.41, 5.74) is 1.30. The van der Waals surface area contributed by atoms with Crippen molar-refractivity contribution in [3.05, 3.63) is 21.9 Å². The number of hydrogen-bond donors (Lipinski definition) is 2. The number of hydrogen-bond acceptors (Lipinski definition) is 3. The molecule has 2 N–H and O–H groups in total. The maximum atomic E-state index is 9.57. The first-order valence-electron chi connectivity index (χ1n) is 6.72. The largest absolute Gasteiger partial charge is 0.394 e. The van der Waals surface area contributed by atoms with Crippen LogP contribution in [-0.2, 0) is 0 Å². The van der Waals surface area contributed by atoms with Crippen molar-refractivity contribution in [1.29, 1.82) is 0 Å². The lowest BCUT2D eigenvalue weighted by Gasteiger charge is -2.23. The van der Waals surface area contributed by atoms with Crippen LogP contribution in [0, 0.1) is 6.92 Å². The van der Waals surface area contributed by atoms with Crippen LogP contribution in [0.15, 0.2) is 11.4 Å². The van der Waals surface area contributed by atoms with Gasteiger partial charge >= 0.3 is 0 Å². The Balaban J connectivity index is 1.97. The summed E-state index contributed by atoms with van der Waals surface area (Å²) in [6.07, 6.45) is 7.94. The molecular weight excluding hydrogens is 230 g/mol. The molecule has 1 heterocycles. The summed E-state index contributed by atoms with van der Waals surface area (Å²) in [7, 11) is 0. The van der Waals surface area contributed by atoms with Crippen LogP contribution in [0.5, 0.6) is 0 Å². The fourth-order valence-corrected chi connectivity index (χ4v) is 3.66. The van der Waals surface area contributed by atoms with Crippen molar-refractivity contribution >= 4 is 11.3 Å². The van der Waals surface area contributed by atoms with Gasteiger partial charge in [-0.3, -0.25) is 0 Å². The standard InChI is InChI=1S/C14H23NOS/c1-11-8-9-17-14(11)13(10-16)15-12-6-4-2-3-5-7-12/h8-9,12-13,15-16H,2-7,10H2,1H3. The van der Waals surface area contributed by atoms with Crippen LogP contribution >= 0.6 is 11.3 Å². The summed E-state index contributed by atoms with van der Waals surface area (Å²) in [5.74, 6) is 0. The van der Waals surface area contributed by atoms with Gasteiger partial charge in [0.25, 0.3) is 0 Å². The molecule has 1 atom stereocenters. The minimum atomic E-state index is 0.137. The molecule has 1 aromatic rings. The predicted octanol–water partition coefficient (Wildman–Crippen LogP) is 3.40. The monoisotopic (exact) mass is 253 g/mol. The number of rotatable bonds is 4. The van der Waals surface area contributed by atoms with Gasteiger partial charge in [0, 0.05) is 10.9 Å². The zero-order valence-electron chi connectivity index (χ0n) is 10.6. The van der Waals surface area contributed by atoms with Crippen molar-refractivity contribution in [1.82, 2.24) is 5.32 Å². The summed E-state index contributed by atoms with van der Waals surface area (Å²) < 4.78 is 0. The van der Waals surface area contributed by atoms with E-state index < -0.39 is 0 Å². The third-order valence-electron chi connectivity index (χ3n) is 3.69. The van der Waals surface area contributed by atoms with Crippen molar-refractivity contribution in [3.8, 4) is 0 Å². The predicted molar refractivity (Wildman–Crippen MR) is 73.5 cm³/mol. The highest BCUT2D eigenvalue weighted by atomic mass is 32.1. The van der Waals surface area contributed by atoms with E-state index in [-0.39, 0.29) is 12.6 Å². The van der Waals surface area contributed by atoms with E-state index >= 15 is 0 Å². The average molecular weight is 253 g/mol. The normalized spacial score (nSPS) is 20.1. The Morgan fingerprint density at radius 2 is 2.06 bits per heavy atom. The molecule has 1 unspecified atom stereocenters. The molecule has 0 saturated heterocycles. The molecule has 1 aromatic heterocycles. The second kappa shape index (κ2) is 6.53. The lowest BCUT2D eigenvalue weighted by molar-refractivity contribution is 0.230. The first kappa shape index (κ1) is 13.1. The van der Waals surface area contributed by atoms with E-state index in [1.54, 1.807) is 11.3 Å². The van der Waals surface area contributed by atoms with Crippen molar-refractivity contribution in [2.75, 3.05) is 6.61 Å². The first-order chi connectivity index (χ1) is 8.31. The van der Waals surface area contributed by atoms with Crippen molar-refractivity contribution in [2.45, 2.75) is 57.5 Å². The second-order valence-electron chi connectivity index (χ2n) is 5.06. The van der Waals surface area contributed by atoms with Crippen LogP contribution in [0.1, 0.15) is 55.0 Å². The van der Waals surface area contributed by atoms with Gasteiger partial charge < -0.3 is 10.4 Å². The molecule has 0 radical (unpaired) electrons. The Morgan fingerprint density at radius 3 is 2.59 bits per heavy atom. The Kier molecular flexibility index (Phi) is 5.01. The fraction of sp³-hybridized carbons (Fsp3) is 0.714. The van der Waals surface area contributed by atoms with Crippen molar-refractivity contribution < 1.29 is 5.11 Å². The summed E-state index contributed by atoms with van der Waals surface area (Å²) in [5, 5.41) is 15.3. The first-order valence-corrected chi connectivity index (χ1v) is 7.60. The topological polar surface area (TPSA) is 32.3 Å². The van der Waals surface area contributed by atoms with Gasteiger partial charge in [0.1, 0.15) is 0 Å². The lowest BCUT2D eigenvalue weighted by atomic mass is 10.1. The number of aliphatic hydroxyl groups is 1. The Labute approximate surface area is 108 Å². The zero-order chi connectivity index (χ0) is 12.1. The highest BCUT2D eigenvalue weighted by Crippen LogP contribution is 2.26. The molecule has 0 aliphatic heterocycles. The van der Waals surface area contributed by atoms with E-state index in [2.05, 4.69) is 23.7 Å². The van der Waals surface area contributed by atoms with Gasteiger partial charge in [0.05, 0.1) is 12.6 Å². The molecule has 1 aliphatic rings. The molecular formula is C14H23NOS. The Bertz CT molecular complexity index is 329.